The Kier molecular flexibility index (Phi) is 7.88. The molecule has 1 amide bonds. The van der Waals surface area contributed by atoms with Gasteiger partial charge in [0.15, 0.2) is 0 Å². The zero-order chi connectivity index (χ0) is 17.5. The molecule has 0 atom stereocenters. The number of halogens is 1. The number of unbranched alkanes of at least 4 members (excludes halogenated alkanes) is 2. The molecule has 1 heterocycles. The molecule has 2 rings (SSSR count). The van der Waals surface area contributed by atoms with Gasteiger partial charge in [0.05, 0.1) is 0 Å². The van der Waals surface area contributed by atoms with Crippen molar-refractivity contribution in [1.29, 1.82) is 0 Å². The van der Waals surface area contributed by atoms with Gasteiger partial charge in [0, 0.05) is 11.9 Å². The third-order valence-electron chi connectivity index (χ3n) is 3.61. The van der Waals surface area contributed by atoms with E-state index in [1.807, 2.05) is 6.07 Å². The summed E-state index contributed by atoms with van der Waals surface area (Å²) in [7, 11) is 0. The Morgan fingerprint density at radius 1 is 1.16 bits per heavy atom. The predicted octanol–water partition coefficient (Wildman–Crippen LogP) is 3.89. The number of carboxylic acids is 1. The number of hydrogen-bond acceptors (Lipinski definition) is 4. The number of carbonyl (C=O) groups excluding carboxylic acids is 1. The maximum Gasteiger partial charge on any atom is 0.339 e. The van der Waals surface area contributed by atoms with Gasteiger partial charge in [-0.2, -0.15) is 0 Å². The van der Waals surface area contributed by atoms with Crippen LogP contribution in [0.2, 0.25) is 0 Å². The van der Waals surface area contributed by atoms with Crippen LogP contribution in [-0.2, 0) is 6.42 Å². The zero-order valence-corrected chi connectivity index (χ0v) is 14.7. The van der Waals surface area contributed by atoms with E-state index in [-0.39, 0.29) is 35.1 Å². The Hall–Kier alpha value is -2.60. The highest BCUT2D eigenvalue weighted by molar-refractivity contribution is 6.03. The fourth-order valence-electron chi connectivity index (χ4n) is 2.27. The molecule has 1 aromatic carbocycles. The fourth-order valence-corrected chi connectivity index (χ4v) is 2.27. The number of benzene rings is 1. The number of aromatic hydroxyl groups is 1. The molecule has 0 saturated carbocycles. The van der Waals surface area contributed by atoms with Gasteiger partial charge >= 0.3 is 5.97 Å². The van der Waals surface area contributed by atoms with Crippen molar-refractivity contribution in [1.82, 2.24) is 4.98 Å². The summed E-state index contributed by atoms with van der Waals surface area (Å²) in [4.78, 5) is 27.3. The number of aryl methyl sites for hydroxylation is 1. The molecule has 0 fully saturated rings. The molecule has 0 aliphatic rings. The number of amides is 1. The number of aromatic nitrogens is 1. The average Bonchev–Trinajstić information content (AvgIpc) is 2.57. The maximum absolute atomic E-state index is 12.2. The van der Waals surface area contributed by atoms with Crippen molar-refractivity contribution in [3.63, 3.8) is 0 Å². The van der Waals surface area contributed by atoms with Crippen LogP contribution in [0.1, 0.15) is 52.6 Å². The molecule has 0 saturated heterocycles. The second kappa shape index (κ2) is 9.64. The molecule has 7 heteroatoms. The van der Waals surface area contributed by atoms with E-state index in [9.17, 15) is 14.7 Å². The summed E-state index contributed by atoms with van der Waals surface area (Å²) in [5.74, 6) is -2.05. The van der Waals surface area contributed by atoms with Gasteiger partial charge in [-0.1, -0.05) is 25.8 Å². The zero-order valence-electron chi connectivity index (χ0n) is 13.9. The summed E-state index contributed by atoms with van der Waals surface area (Å²) in [6.07, 6.45) is 6.02. The number of carboxylic acid groups (broad SMARTS) is 1. The number of hydrogen-bond donors (Lipinski definition) is 3. The highest BCUT2D eigenvalue weighted by Gasteiger charge is 2.13. The lowest BCUT2D eigenvalue weighted by Crippen LogP contribution is -2.14. The van der Waals surface area contributed by atoms with E-state index in [1.54, 1.807) is 12.3 Å². The summed E-state index contributed by atoms with van der Waals surface area (Å²) < 4.78 is 0. The minimum Gasteiger partial charge on any atom is -0.507 e. The van der Waals surface area contributed by atoms with Crippen LogP contribution in [0.3, 0.4) is 0 Å². The Balaban J connectivity index is 0.00000312. The van der Waals surface area contributed by atoms with E-state index < -0.39 is 11.9 Å². The molecule has 25 heavy (non-hydrogen) atoms. The van der Waals surface area contributed by atoms with Gasteiger partial charge in [-0.25, -0.2) is 4.79 Å². The molecule has 0 bridgehead atoms. The Labute approximate surface area is 152 Å². The van der Waals surface area contributed by atoms with Crippen LogP contribution in [0.15, 0.2) is 36.5 Å². The highest BCUT2D eigenvalue weighted by atomic mass is 35.5. The van der Waals surface area contributed by atoms with Crippen molar-refractivity contribution in [2.24, 2.45) is 0 Å². The normalized spacial score (nSPS) is 9.96. The SMILES string of the molecule is CCCCCc1ccc(C(=O)Nc2ccc(O)c(C(=O)O)c2)nc1.Cl. The summed E-state index contributed by atoms with van der Waals surface area (Å²) >= 11 is 0. The van der Waals surface area contributed by atoms with Crippen molar-refractivity contribution in [3.8, 4) is 5.75 Å². The van der Waals surface area contributed by atoms with Crippen molar-refractivity contribution in [2.45, 2.75) is 32.6 Å². The summed E-state index contributed by atoms with van der Waals surface area (Å²) in [5, 5.41) is 21.0. The molecular weight excluding hydrogens is 344 g/mol. The first kappa shape index (κ1) is 20.4. The smallest absolute Gasteiger partial charge is 0.339 e. The van der Waals surface area contributed by atoms with E-state index in [1.165, 1.54) is 18.2 Å². The molecular formula is C18H21ClN2O4. The third kappa shape index (κ3) is 5.76. The number of rotatable bonds is 7. The van der Waals surface area contributed by atoms with Crippen LogP contribution in [0.4, 0.5) is 5.69 Å². The Bertz CT molecular complexity index is 732. The van der Waals surface area contributed by atoms with Gasteiger partial charge in [-0.05, 0) is 42.7 Å². The van der Waals surface area contributed by atoms with Crippen LogP contribution >= 0.6 is 12.4 Å². The lowest BCUT2D eigenvalue weighted by molar-refractivity contribution is 0.0693. The van der Waals surface area contributed by atoms with Crippen LogP contribution in [0.25, 0.3) is 0 Å². The lowest BCUT2D eigenvalue weighted by Gasteiger charge is -2.07. The number of anilines is 1. The van der Waals surface area contributed by atoms with Crippen molar-refractivity contribution < 1.29 is 19.8 Å². The van der Waals surface area contributed by atoms with E-state index in [4.69, 9.17) is 5.11 Å². The first-order valence-corrected chi connectivity index (χ1v) is 7.84. The fraction of sp³-hybridized carbons (Fsp3) is 0.278. The van der Waals surface area contributed by atoms with Crippen molar-refractivity contribution in [2.75, 3.05) is 5.32 Å². The summed E-state index contributed by atoms with van der Waals surface area (Å²) in [6.45, 7) is 2.14. The molecule has 0 unspecified atom stereocenters. The summed E-state index contributed by atoms with van der Waals surface area (Å²) in [5.41, 5.74) is 1.34. The number of carbonyl (C=O) groups is 2. The van der Waals surface area contributed by atoms with Crippen molar-refractivity contribution >= 4 is 30.0 Å². The maximum atomic E-state index is 12.2. The first-order chi connectivity index (χ1) is 11.5. The minimum absolute atomic E-state index is 0. The number of nitrogens with zero attached hydrogens (tertiary/aromatic N) is 1. The Morgan fingerprint density at radius 3 is 2.52 bits per heavy atom. The molecule has 3 N–H and O–H groups in total. The molecule has 1 aromatic heterocycles. The minimum atomic E-state index is -1.27. The van der Waals surface area contributed by atoms with Gasteiger partial charge < -0.3 is 15.5 Å². The third-order valence-corrected chi connectivity index (χ3v) is 3.61. The molecule has 2 aromatic rings. The van der Waals surface area contributed by atoms with Crippen molar-refractivity contribution in [3.05, 3.63) is 53.3 Å². The number of phenols is 1. The van der Waals surface area contributed by atoms with E-state index in [0.717, 1.165) is 31.2 Å². The van der Waals surface area contributed by atoms with Gasteiger partial charge in [-0.3, -0.25) is 9.78 Å². The first-order valence-electron chi connectivity index (χ1n) is 7.84. The topological polar surface area (TPSA) is 99.5 Å². The largest absolute Gasteiger partial charge is 0.507 e. The summed E-state index contributed by atoms with van der Waals surface area (Å²) in [6, 6.07) is 7.38. The van der Waals surface area contributed by atoms with Gasteiger partial charge in [-0.15, -0.1) is 12.4 Å². The lowest BCUT2D eigenvalue weighted by atomic mass is 10.1. The van der Waals surface area contributed by atoms with Gasteiger partial charge in [0.2, 0.25) is 0 Å². The highest BCUT2D eigenvalue weighted by Crippen LogP contribution is 2.21. The number of nitrogens with one attached hydrogen (secondary N) is 1. The molecule has 0 radical (unpaired) electrons. The second-order valence-corrected chi connectivity index (χ2v) is 5.50. The van der Waals surface area contributed by atoms with E-state index in [2.05, 4.69) is 17.2 Å². The van der Waals surface area contributed by atoms with E-state index >= 15 is 0 Å². The number of aromatic carboxylic acids is 1. The number of pyridine rings is 1. The van der Waals surface area contributed by atoms with Crippen LogP contribution in [-0.4, -0.2) is 27.1 Å². The van der Waals surface area contributed by atoms with Gasteiger partial charge in [0.25, 0.3) is 5.91 Å². The second-order valence-electron chi connectivity index (χ2n) is 5.50. The molecule has 6 nitrogen and oxygen atoms in total. The molecule has 134 valence electrons. The van der Waals surface area contributed by atoms with Crippen LogP contribution in [0, 0.1) is 0 Å². The molecule has 0 aliphatic heterocycles. The molecule has 0 spiro atoms. The molecule has 0 aliphatic carbocycles. The van der Waals surface area contributed by atoms with E-state index in [0.29, 0.717) is 0 Å². The van der Waals surface area contributed by atoms with Crippen LogP contribution < -0.4 is 5.32 Å². The Morgan fingerprint density at radius 2 is 1.92 bits per heavy atom. The monoisotopic (exact) mass is 364 g/mol. The average molecular weight is 365 g/mol. The predicted molar refractivity (Wildman–Crippen MR) is 97.7 cm³/mol. The van der Waals surface area contributed by atoms with Crippen LogP contribution in [0.5, 0.6) is 5.75 Å². The van der Waals surface area contributed by atoms with Gasteiger partial charge in [0.1, 0.15) is 17.0 Å². The standard InChI is InChI=1S/C18H20N2O4.ClH/c1-2-3-4-5-12-6-8-15(19-11-12)17(22)20-13-7-9-16(21)14(10-13)18(23)24;/h6-11,21H,2-5H2,1H3,(H,20,22)(H,23,24);1H. The quantitative estimate of drug-likeness (QED) is 0.511.